The van der Waals surface area contributed by atoms with Crippen LogP contribution in [0.25, 0.3) is 0 Å². The van der Waals surface area contributed by atoms with Gasteiger partial charge in [-0.25, -0.2) is 4.79 Å². The minimum Gasteiger partial charge on any atom is -0.467 e. The highest BCUT2D eigenvalue weighted by molar-refractivity contribution is 7.80. The number of benzene rings is 1. The average Bonchev–Trinajstić information content (AvgIpc) is 2.35. The van der Waals surface area contributed by atoms with Crippen LogP contribution in [0.15, 0.2) is 30.3 Å². The number of thiol groups is 1. The molecule has 0 aliphatic heterocycles. The zero-order valence-corrected chi connectivity index (χ0v) is 9.83. The van der Waals surface area contributed by atoms with Crippen LogP contribution in [0.2, 0.25) is 0 Å². The van der Waals surface area contributed by atoms with E-state index < -0.39 is 6.04 Å². The number of hydrogen-bond donors (Lipinski definition) is 2. The second kappa shape index (κ2) is 6.81. The van der Waals surface area contributed by atoms with E-state index in [1.165, 1.54) is 7.11 Å². The summed E-state index contributed by atoms with van der Waals surface area (Å²) >= 11 is 4.04. The summed E-state index contributed by atoms with van der Waals surface area (Å²) in [5, 5.41) is 2.76. The number of esters is 1. The van der Waals surface area contributed by atoms with E-state index in [1.807, 2.05) is 30.3 Å². The molecule has 3 nitrogen and oxygen atoms in total. The van der Waals surface area contributed by atoms with Crippen molar-refractivity contribution in [2.75, 3.05) is 12.9 Å². The second-order valence-corrected chi connectivity index (χ2v) is 3.38. The van der Waals surface area contributed by atoms with Crippen LogP contribution in [0.4, 0.5) is 0 Å². The smallest absolute Gasteiger partial charge is 0.329 e. The zero-order chi connectivity index (χ0) is 11.8. The topological polar surface area (TPSA) is 38.3 Å². The molecule has 1 aromatic rings. The molecule has 0 fully saturated rings. The number of carbonyl (C=O) groups excluding carboxylic acids is 1. The third-order valence-electron chi connectivity index (χ3n) is 1.90. The Morgan fingerprint density at radius 3 is 2.75 bits per heavy atom. The molecule has 0 spiro atoms. The van der Waals surface area contributed by atoms with Gasteiger partial charge in [0.2, 0.25) is 0 Å². The van der Waals surface area contributed by atoms with Crippen molar-refractivity contribution in [1.82, 2.24) is 5.32 Å². The molecule has 0 unspecified atom stereocenters. The highest BCUT2D eigenvalue weighted by atomic mass is 32.1. The molecule has 0 saturated heterocycles. The molecule has 0 aliphatic carbocycles. The van der Waals surface area contributed by atoms with Crippen molar-refractivity contribution in [2.24, 2.45) is 0 Å². The Morgan fingerprint density at radius 1 is 1.50 bits per heavy atom. The third-order valence-corrected chi connectivity index (χ3v) is 2.26. The van der Waals surface area contributed by atoms with Gasteiger partial charge in [-0.3, -0.25) is 0 Å². The molecule has 0 saturated carbocycles. The van der Waals surface area contributed by atoms with Gasteiger partial charge in [0.15, 0.2) is 0 Å². The van der Waals surface area contributed by atoms with Crippen molar-refractivity contribution >= 4 is 18.6 Å². The van der Waals surface area contributed by atoms with Crippen molar-refractivity contribution in [3.8, 4) is 12.0 Å². The number of hydrogen-bond acceptors (Lipinski definition) is 4. The molecule has 0 aliphatic rings. The van der Waals surface area contributed by atoms with Gasteiger partial charge in [0.1, 0.15) is 6.04 Å². The fourth-order valence-electron chi connectivity index (χ4n) is 1.04. The number of methoxy groups -OCH3 is 1. The molecule has 1 atom stereocenters. The van der Waals surface area contributed by atoms with Crippen molar-refractivity contribution in [3.05, 3.63) is 35.9 Å². The minimum atomic E-state index is -0.496. The van der Waals surface area contributed by atoms with E-state index in [9.17, 15) is 4.79 Å². The van der Waals surface area contributed by atoms with Crippen LogP contribution in [0.5, 0.6) is 0 Å². The van der Waals surface area contributed by atoms with E-state index in [1.54, 1.807) is 0 Å². The SMILES string of the molecule is COC(=O)[C@H](CS)NC#Cc1ccccc1. The van der Waals surface area contributed by atoms with Gasteiger partial charge in [0, 0.05) is 17.4 Å². The van der Waals surface area contributed by atoms with Gasteiger partial charge in [-0.2, -0.15) is 12.6 Å². The molecule has 0 radical (unpaired) electrons. The molecule has 4 heteroatoms. The van der Waals surface area contributed by atoms with Gasteiger partial charge < -0.3 is 10.1 Å². The second-order valence-electron chi connectivity index (χ2n) is 3.02. The number of carbonyl (C=O) groups is 1. The predicted octanol–water partition coefficient (Wildman–Crippen LogP) is 1.06. The van der Waals surface area contributed by atoms with Gasteiger partial charge >= 0.3 is 5.97 Å². The van der Waals surface area contributed by atoms with Crippen molar-refractivity contribution in [1.29, 1.82) is 0 Å². The zero-order valence-electron chi connectivity index (χ0n) is 8.93. The minimum absolute atomic E-state index is 0.343. The number of ether oxygens (including phenoxy) is 1. The van der Waals surface area contributed by atoms with Crippen LogP contribution < -0.4 is 5.32 Å². The normalized spacial score (nSPS) is 10.9. The van der Waals surface area contributed by atoms with Crippen molar-refractivity contribution < 1.29 is 9.53 Å². The summed E-state index contributed by atoms with van der Waals surface area (Å²) in [7, 11) is 1.34. The number of rotatable bonds is 3. The van der Waals surface area contributed by atoms with Crippen LogP contribution in [-0.2, 0) is 9.53 Å². The van der Waals surface area contributed by atoms with E-state index in [-0.39, 0.29) is 5.97 Å². The lowest BCUT2D eigenvalue weighted by Gasteiger charge is -2.09. The maximum Gasteiger partial charge on any atom is 0.329 e. The molecule has 1 aromatic carbocycles. The average molecular weight is 235 g/mol. The first-order chi connectivity index (χ1) is 7.77. The molecule has 0 aromatic heterocycles. The lowest BCUT2D eigenvalue weighted by atomic mass is 10.2. The Bertz CT molecular complexity index is 394. The van der Waals surface area contributed by atoms with Gasteiger partial charge in [-0.15, -0.1) is 0 Å². The number of nitrogens with one attached hydrogen (secondary N) is 1. The molecular formula is C12H13NO2S. The molecule has 1 N–H and O–H groups in total. The molecule has 84 valence electrons. The molecule has 16 heavy (non-hydrogen) atoms. The lowest BCUT2D eigenvalue weighted by Crippen LogP contribution is -2.36. The summed E-state index contributed by atoms with van der Waals surface area (Å²) in [6.07, 6.45) is 0. The van der Waals surface area contributed by atoms with Crippen LogP contribution in [0.3, 0.4) is 0 Å². The summed E-state index contributed by atoms with van der Waals surface area (Å²) in [6.45, 7) is 0. The van der Waals surface area contributed by atoms with E-state index in [4.69, 9.17) is 0 Å². The van der Waals surface area contributed by atoms with E-state index in [0.29, 0.717) is 5.75 Å². The van der Waals surface area contributed by atoms with Crippen LogP contribution in [0, 0.1) is 12.0 Å². The third kappa shape index (κ3) is 3.87. The van der Waals surface area contributed by atoms with Crippen molar-refractivity contribution in [3.63, 3.8) is 0 Å². The standard InChI is InChI=1S/C12H13NO2S/c1-15-12(14)11(9-16)13-8-7-10-5-3-2-4-6-10/h2-6,11,13,16H,9H2,1H3/t11-/m0/s1. The van der Waals surface area contributed by atoms with Crippen molar-refractivity contribution in [2.45, 2.75) is 6.04 Å². The van der Waals surface area contributed by atoms with Crippen LogP contribution in [-0.4, -0.2) is 24.9 Å². The molecule has 0 amide bonds. The quantitative estimate of drug-likeness (QED) is 0.356. The van der Waals surface area contributed by atoms with Crippen LogP contribution in [0.1, 0.15) is 5.56 Å². The van der Waals surface area contributed by atoms with Gasteiger partial charge in [-0.05, 0) is 18.1 Å². The van der Waals surface area contributed by atoms with Gasteiger partial charge in [0.25, 0.3) is 0 Å². The molecular weight excluding hydrogens is 222 g/mol. The summed E-state index contributed by atoms with van der Waals surface area (Å²) < 4.78 is 4.59. The largest absolute Gasteiger partial charge is 0.467 e. The molecule has 1 rings (SSSR count). The maximum absolute atomic E-state index is 11.2. The molecule has 0 heterocycles. The summed E-state index contributed by atoms with van der Waals surface area (Å²) in [5.74, 6) is 2.87. The Balaban J connectivity index is 2.56. The lowest BCUT2D eigenvalue weighted by molar-refractivity contribution is -0.142. The van der Waals surface area contributed by atoms with E-state index in [0.717, 1.165) is 5.56 Å². The first-order valence-electron chi connectivity index (χ1n) is 4.78. The van der Waals surface area contributed by atoms with Gasteiger partial charge in [0.05, 0.1) is 7.11 Å². The van der Waals surface area contributed by atoms with Crippen LogP contribution >= 0.6 is 12.6 Å². The molecule has 0 bridgehead atoms. The Kier molecular flexibility index (Phi) is 5.30. The van der Waals surface area contributed by atoms with E-state index >= 15 is 0 Å². The highest BCUT2D eigenvalue weighted by Crippen LogP contribution is 1.95. The fourth-order valence-corrected chi connectivity index (χ4v) is 1.28. The van der Waals surface area contributed by atoms with E-state index in [2.05, 4.69) is 34.6 Å². The summed E-state index contributed by atoms with van der Waals surface area (Å²) in [5.41, 5.74) is 0.887. The Labute approximate surface area is 101 Å². The highest BCUT2D eigenvalue weighted by Gasteiger charge is 2.14. The first-order valence-corrected chi connectivity index (χ1v) is 5.41. The van der Waals surface area contributed by atoms with Gasteiger partial charge in [-0.1, -0.05) is 18.2 Å². The Hall–Kier alpha value is -1.60. The summed E-state index contributed by atoms with van der Waals surface area (Å²) in [4.78, 5) is 11.2. The first kappa shape index (κ1) is 12.5. The fraction of sp³-hybridized carbons (Fsp3) is 0.250. The monoisotopic (exact) mass is 235 g/mol. The summed E-state index contributed by atoms with van der Waals surface area (Å²) in [6, 6.07) is 11.7. The Morgan fingerprint density at radius 2 is 2.19 bits per heavy atom. The maximum atomic E-state index is 11.2. The predicted molar refractivity (Wildman–Crippen MR) is 66.1 cm³/mol.